The van der Waals surface area contributed by atoms with Gasteiger partial charge in [0, 0.05) is 28.7 Å². The number of carbonyl (C=O) groups excluding carboxylic acids is 1. The van der Waals surface area contributed by atoms with Gasteiger partial charge in [-0.25, -0.2) is 4.98 Å². The Labute approximate surface area is 156 Å². The molecule has 0 aliphatic rings. The average molecular weight is 368 g/mol. The number of hydrogen-bond donors (Lipinski definition) is 1. The fraction of sp³-hybridized carbons (Fsp3) is 0.200. The van der Waals surface area contributed by atoms with Crippen LogP contribution < -0.4 is 14.8 Å². The summed E-state index contributed by atoms with van der Waals surface area (Å²) in [6.45, 7) is 2.42. The third-order valence-electron chi connectivity index (χ3n) is 3.89. The van der Waals surface area contributed by atoms with Crippen molar-refractivity contribution in [1.29, 1.82) is 0 Å². The Kier molecular flexibility index (Phi) is 5.53. The lowest BCUT2D eigenvalue weighted by atomic mass is 10.1. The van der Waals surface area contributed by atoms with Crippen LogP contribution in [0.3, 0.4) is 0 Å². The van der Waals surface area contributed by atoms with E-state index in [0.29, 0.717) is 23.6 Å². The Bertz CT molecular complexity index is 921. The molecule has 0 saturated heterocycles. The molecule has 134 valence electrons. The Morgan fingerprint density at radius 2 is 1.92 bits per heavy atom. The summed E-state index contributed by atoms with van der Waals surface area (Å²) >= 11 is 1.62. The molecule has 3 rings (SSSR count). The maximum Gasteiger partial charge on any atom is 0.251 e. The van der Waals surface area contributed by atoms with Crippen LogP contribution in [0.25, 0.3) is 10.6 Å². The van der Waals surface area contributed by atoms with Crippen molar-refractivity contribution in [2.45, 2.75) is 13.5 Å². The lowest BCUT2D eigenvalue weighted by molar-refractivity contribution is 0.0950. The number of thiazole rings is 1. The van der Waals surface area contributed by atoms with Crippen LogP contribution in [0.15, 0.2) is 47.8 Å². The molecule has 1 amide bonds. The summed E-state index contributed by atoms with van der Waals surface area (Å²) in [5.41, 5.74) is 3.61. The van der Waals surface area contributed by atoms with Gasteiger partial charge in [-0.15, -0.1) is 11.3 Å². The smallest absolute Gasteiger partial charge is 0.251 e. The van der Waals surface area contributed by atoms with E-state index in [9.17, 15) is 4.79 Å². The SMILES string of the molecule is COc1ccc(C(=O)NCc2cccc(-c3nc(C)cs3)c2)cc1OC. The molecule has 3 aromatic rings. The predicted molar refractivity (Wildman–Crippen MR) is 103 cm³/mol. The Morgan fingerprint density at radius 3 is 2.62 bits per heavy atom. The third kappa shape index (κ3) is 4.03. The molecule has 0 spiro atoms. The fourth-order valence-corrected chi connectivity index (χ4v) is 3.36. The highest BCUT2D eigenvalue weighted by atomic mass is 32.1. The predicted octanol–water partition coefficient (Wildman–Crippen LogP) is 4.07. The number of amides is 1. The van der Waals surface area contributed by atoms with Gasteiger partial charge in [-0.3, -0.25) is 4.79 Å². The summed E-state index contributed by atoms with van der Waals surface area (Å²) < 4.78 is 10.4. The first kappa shape index (κ1) is 17.9. The van der Waals surface area contributed by atoms with Gasteiger partial charge in [-0.1, -0.05) is 18.2 Å². The van der Waals surface area contributed by atoms with Gasteiger partial charge in [-0.2, -0.15) is 0 Å². The van der Waals surface area contributed by atoms with Crippen LogP contribution in [-0.4, -0.2) is 25.1 Å². The van der Waals surface area contributed by atoms with Crippen molar-refractivity contribution >= 4 is 17.2 Å². The van der Waals surface area contributed by atoms with Crippen LogP contribution >= 0.6 is 11.3 Å². The molecule has 0 radical (unpaired) electrons. The van der Waals surface area contributed by atoms with E-state index in [4.69, 9.17) is 9.47 Å². The summed E-state index contributed by atoms with van der Waals surface area (Å²) in [7, 11) is 3.11. The number of hydrogen-bond acceptors (Lipinski definition) is 5. The largest absolute Gasteiger partial charge is 0.493 e. The van der Waals surface area contributed by atoms with Gasteiger partial charge < -0.3 is 14.8 Å². The highest BCUT2D eigenvalue weighted by Gasteiger charge is 2.11. The molecule has 6 heteroatoms. The van der Waals surface area contributed by atoms with Crippen LogP contribution in [0.2, 0.25) is 0 Å². The van der Waals surface area contributed by atoms with Crippen LogP contribution in [0.1, 0.15) is 21.6 Å². The second-order valence-corrected chi connectivity index (χ2v) is 6.60. The van der Waals surface area contributed by atoms with E-state index in [1.165, 1.54) is 0 Å². The molecule has 0 aliphatic carbocycles. The summed E-state index contributed by atoms with van der Waals surface area (Å²) in [6.07, 6.45) is 0. The lowest BCUT2D eigenvalue weighted by Crippen LogP contribution is -2.22. The van der Waals surface area contributed by atoms with Gasteiger partial charge in [0.25, 0.3) is 5.91 Å². The molecule has 5 nitrogen and oxygen atoms in total. The molecule has 0 aliphatic heterocycles. The number of aryl methyl sites for hydroxylation is 1. The fourth-order valence-electron chi connectivity index (χ4n) is 2.56. The average Bonchev–Trinajstić information content (AvgIpc) is 3.12. The van der Waals surface area contributed by atoms with E-state index >= 15 is 0 Å². The topological polar surface area (TPSA) is 60.5 Å². The maximum atomic E-state index is 12.4. The van der Waals surface area contributed by atoms with Crippen molar-refractivity contribution in [3.63, 3.8) is 0 Å². The summed E-state index contributed by atoms with van der Waals surface area (Å²) in [4.78, 5) is 16.9. The number of nitrogens with zero attached hydrogens (tertiary/aromatic N) is 1. The highest BCUT2D eigenvalue weighted by molar-refractivity contribution is 7.13. The molecule has 1 N–H and O–H groups in total. The molecule has 2 aromatic carbocycles. The molecule has 26 heavy (non-hydrogen) atoms. The van der Waals surface area contributed by atoms with E-state index in [1.807, 2.05) is 36.6 Å². The van der Waals surface area contributed by atoms with Crippen LogP contribution in [0.5, 0.6) is 11.5 Å². The highest BCUT2D eigenvalue weighted by Crippen LogP contribution is 2.27. The quantitative estimate of drug-likeness (QED) is 0.713. The Hall–Kier alpha value is -2.86. The molecule has 0 unspecified atom stereocenters. The minimum Gasteiger partial charge on any atom is -0.493 e. The number of ether oxygens (including phenoxy) is 2. The van der Waals surface area contributed by atoms with Crippen LogP contribution in [0, 0.1) is 6.92 Å². The lowest BCUT2D eigenvalue weighted by Gasteiger charge is -2.10. The minimum atomic E-state index is -0.165. The van der Waals surface area contributed by atoms with Gasteiger partial charge in [0.05, 0.1) is 14.2 Å². The number of benzene rings is 2. The normalized spacial score (nSPS) is 10.4. The first-order valence-electron chi connectivity index (χ1n) is 8.12. The summed E-state index contributed by atoms with van der Waals surface area (Å²) in [5, 5.41) is 5.95. The summed E-state index contributed by atoms with van der Waals surface area (Å²) in [6, 6.07) is 13.1. The molecular formula is C20H20N2O3S. The monoisotopic (exact) mass is 368 g/mol. The number of rotatable bonds is 6. The van der Waals surface area contributed by atoms with Crippen molar-refractivity contribution in [2.24, 2.45) is 0 Å². The maximum absolute atomic E-state index is 12.4. The van der Waals surface area contributed by atoms with E-state index in [-0.39, 0.29) is 5.91 Å². The Morgan fingerprint density at radius 1 is 1.12 bits per heavy atom. The third-order valence-corrected chi connectivity index (χ3v) is 4.90. The van der Waals surface area contributed by atoms with Crippen molar-refractivity contribution < 1.29 is 14.3 Å². The first-order chi connectivity index (χ1) is 12.6. The van der Waals surface area contributed by atoms with E-state index in [2.05, 4.69) is 10.3 Å². The van der Waals surface area contributed by atoms with Crippen molar-refractivity contribution in [3.8, 4) is 22.1 Å². The molecule has 1 heterocycles. The zero-order chi connectivity index (χ0) is 18.5. The number of nitrogens with one attached hydrogen (secondary N) is 1. The second-order valence-electron chi connectivity index (χ2n) is 5.75. The molecule has 0 atom stereocenters. The van der Waals surface area contributed by atoms with Crippen LogP contribution in [-0.2, 0) is 6.54 Å². The van der Waals surface area contributed by atoms with E-state index in [0.717, 1.165) is 21.8 Å². The number of aromatic nitrogens is 1. The Balaban J connectivity index is 1.70. The van der Waals surface area contributed by atoms with Crippen LogP contribution in [0.4, 0.5) is 0 Å². The molecule has 0 fully saturated rings. The van der Waals surface area contributed by atoms with Crippen molar-refractivity contribution in [2.75, 3.05) is 14.2 Å². The summed E-state index contributed by atoms with van der Waals surface area (Å²) in [5.74, 6) is 0.957. The number of carbonyl (C=O) groups is 1. The minimum absolute atomic E-state index is 0.165. The van der Waals surface area contributed by atoms with E-state index < -0.39 is 0 Å². The first-order valence-corrected chi connectivity index (χ1v) is 9.00. The molecular weight excluding hydrogens is 348 g/mol. The van der Waals surface area contributed by atoms with Gasteiger partial charge in [0.15, 0.2) is 11.5 Å². The molecule has 0 bridgehead atoms. The zero-order valence-corrected chi connectivity index (χ0v) is 15.7. The zero-order valence-electron chi connectivity index (χ0n) is 14.9. The van der Waals surface area contributed by atoms with Gasteiger partial charge in [0.2, 0.25) is 0 Å². The van der Waals surface area contributed by atoms with E-state index in [1.54, 1.807) is 43.8 Å². The van der Waals surface area contributed by atoms with Crippen molar-refractivity contribution in [3.05, 3.63) is 64.7 Å². The van der Waals surface area contributed by atoms with Gasteiger partial charge in [0.1, 0.15) is 5.01 Å². The molecule has 0 saturated carbocycles. The van der Waals surface area contributed by atoms with Gasteiger partial charge in [-0.05, 0) is 36.8 Å². The number of methoxy groups -OCH3 is 2. The van der Waals surface area contributed by atoms with Crippen molar-refractivity contribution in [1.82, 2.24) is 10.3 Å². The second kappa shape index (κ2) is 8.01. The molecule has 1 aromatic heterocycles. The van der Waals surface area contributed by atoms with Gasteiger partial charge >= 0.3 is 0 Å². The standard InChI is InChI=1S/C20H20N2O3S/c1-13-12-26-20(22-13)16-6-4-5-14(9-16)11-21-19(23)15-7-8-17(24-2)18(10-15)25-3/h4-10,12H,11H2,1-3H3,(H,21,23).